The first-order chi connectivity index (χ1) is 11.0. The molecular formula is C15H19NO7. The lowest BCUT2D eigenvalue weighted by Crippen LogP contribution is -2.60. The van der Waals surface area contributed by atoms with E-state index < -0.39 is 37.3 Å². The molecule has 0 saturated carbocycles. The zero-order chi connectivity index (χ0) is 17.0. The van der Waals surface area contributed by atoms with Gasteiger partial charge in [0.15, 0.2) is 0 Å². The summed E-state index contributed by atoms with van der Waals surface area (Å²) in [6, 6.07) is 6.20. The Labute approximate surface area is 132 Å². The van der Waals surface area contributed by atoms with Crippen molar-refractivity contribution in [1.82, 2.24) is 0 Å². The second-order valence-electron chi connectivity index (χ2n) is 5.03. The number of anilines is 1. The Balaban J connectivity index is 2.03. The van der Waals surface area contributed by atoms with Gasteiger partial charge in [-0.1, -0.05) is 6.58 Å². The van der Waals surface area contributed by atoms with Gasteiger partial charge in [0.25, 0.3) is 0 Å². The summed E-state index contributed by atoms with van der Waals surface area (Å²) in [6.45, 7) is 2.81. The van der Waals surface area contributed by atoms with Crippen molar-refractivity contribution < 1.29 is 34.7 Å². The second kappa shape index (κ2) is 7.53. The third kappa shape index (κ3) is 4.06. The molecule has 0 unspecified atom stereocenters. The first kappa shape index (κ1) is 17.4. The molecule has 8 heteroatoms. The molecule has 1 heterocycles. The van der Waals surface area contributed by atoms with E-state index >= 15 is 0 Å². The first-order valence-electron chi connectivity index (χ1n) is 6.97. The van der Waals surface area contributed by atoms with E-state index in [0.717, 1.165) is 6.08 Å². The number of aliphatic hydroxyl groups excluding tert-OH is 4. The molecule has 23 heavy (non-hydrogen) atoms. The van der Waals surface area contributed by atoms with E-state index in [1.165, 1.54) is 12.1 Å². The van der Waals surface area contributed by atoms with Gasteiger partial charge in [0.1, 0.15) is 30.2 Å². The van der Waals surface area contributed by atoms with Crippen molar-refractivity contribution >= 4 is 11.6 Å². The highest BCUT2D eigenvalue weighted by Crippen LogP contribution is 2.25. The van der Waals surface area contributed by atoms with Crippen molar-refractivity contribution in [3.05, 3.63) is 36.9 Å². The van der Waals surface area contributed by atoms with Crippen molar-refractivity contribution in [3.63, 3.8) is 0 Å². The molecule has 5 atom stereocenters. The molecular weight excluding hydrogens is 306 g/mol. The maximum atomic E-state index is 11.2. The standard InChI is InChI=1S/C15H19NO7/c1-2-11(18)16-8-3-5-9(6-4-8)22-15-14(21)13(20)12(19)10(7-17)23-15/h2-6,10,12-15,17,19-21H,1,7H2,(H,16,18)/t10-,12-,13+,14-,15+/m1/s1. The fourth-order valence-corrected chi connectivity index (χ4v) is 2.11. The van der Waals surface area contributed by atoms with Gasteiger partial charge in [-0.15, -0.1) is 0 Å². The van der Waals surface area contributed by atoms with Crippen LogP contribution in [0.25, 0.3) is 0 Å². The van der Waals surface area contributed by atoms with Crippen LogP contribution in [0.1, 0.15) is 0 Å². The van der Waals surface area contributed by atoms with Gasteiger partial charge in [-0.05, 0) is 30.3 Å². The zero-order valence-corrected chi connectivity index (χ0v) is 12.2. The maximum Gasteiger partial charge on any atom is 0.247 e. The van der Waals surface area contributed by atoms with Crippen LogP contribution < -0.4 is 10.1 Å². The largest absolute Gasteiger partial charge is 0.462 e. The highest BCUT2D eigenvalue weighted by Gasteiger charge is 2.44. The highest BCUT2D eigenvalue weighted by molar-refractivity contribution is 5.98. The Hall–Kier alpha value is -1.97. The molecule has 1 aromatic rings. The van der Waals surface area contributed by atoms with E-state index in [9.17, 15) is 20.1 Å². The van der Waals surface area contributed by atoms with Crippen LogP contribution in [0.4, 0.5) is 5.69 Å². The molecule has 1 aromatic carbocycles. The van der Waals surface area contributed by atoms with Gasteiger partial charge in [-0.25, -0.2) is 0 Å². The fourth-order valence-electron chi connectivity index (χ4n) is 2.11. The Morgan fingerprint density at radius 2 is 1.87 bits per heavy atom. The van der Waals surface area contributed by atoms with Crippen LogP contribution in [0.5, 0.6) is 5.75 Å². The number of hydrogen-bond acceptors (Lipinski definition) is 7. The minimum absolute atomic E-state index is 0.311. The second-order valence-corrected chi connectivity index (χ2v) is 5.03. The average molecular weight is 325 g/mol. The van der Waals surface area contributed by atoms with Crippen molar-refractivity contribution in [2.24, 2.45) is 0 Å². The minimum Gasteiger partial charge on any atom is -0.462 e. The fraction of sp³-hybridized carbons (Fsp3) is 0.400. The quantitative estimate of drug-likeness (QED) is 0.439. The lowest BCUT2D eigenvalue weighted by Gasteiger charge is -2.39. The maximum absolute atomic E-state index is 11.2. The van der Waals surface area contributed by atoms with Crippen molar-refractivity contribution in [3.8, 4) is 5.75 Å². The third-order valence-electron chi connectivity index (χ3n) is 3.41. The summed E-state index contributed by atoms with van der Waals surface area (Å²) >= 11 is 0. The molecule has 5 N–H and O–H groups in total. The van der Waals surface area contributed by atoms with Gasteiger partial charge >= 0.3 is 0 Å². The summed E-state index contributed by atoms with van der Waals surface area (Å²) in [7, 11) is 0. The molecule has 1 fully saturated rings. The molecule has 0 aromatic heterocycles. The monoisotopic (exact) mass is 325 g/mol. The predicted octanol–water partition coefficient (Wildman–Crippen LogP) is -1.01. The predicted molar refractivity (Wildman–Crippen MR) is 79.7 cm³/mol. The Kier molecular flexibility index (Phi) is 5.69. The Morgan fingerprint density at radius 3 is 2.43 bits per heavy atom. The molecule has 126 valence electrons. The van der Waals surface area contributed by atoms with E-state index in [1.807, 2.05) is 0 Å². The van der Waals surface area contributed by atoms with Crippen molar-refractivity contribution in [2.45, 2.75) is 30.7 Å². The van der Waals surface area contributed by atoms with Gasteiger partial charge in [-0.2, -0.15) is 0 Å². The van der Waals surface area contributed by atoms with Gasteiger partial charge in [0.05, 0.1) is 6.61 Å². The van der Waals surface area contributed by atoms with E-state index in [1.54, 1.807) is 12.1 Å². The first-order valence-corrected chi connectivity index (χ1v) is 6.97. The van der Waals surface area contributed by atoms with Crippen LogP contribution in [0.2, 0.25) is 0 Å². The number of amides is 1. The van der Waals surface area contributed by atoms with Gasteiger partial charge in [-0.3, -0.25) is 4.79 Å². The Bertz CT molecular complexity index is 545. The number of hydrogen-bond donors (Lipinski definition) is 5. The zero-order valence-electron chi connectivity index (χ0n) is 12.2. The molecule has 0 radical (unpaired) electrons. The number of carbonyl (C=O) groups is 1. The van der Waals surface area contributed by atoms with E-state index in [0.29, 0.717) is 11.4 Å². The topological polar surface area (TPSA) is 128 Å². The van der Waals surface area contributed by atoms with E-state index in [4.69, 9.17) is 14.6 Å². The molecule has 1 amide bonds. The van der Waals surface area contributed by atoms with Crippen molar-refractivity contribution in [2.75, 3.05) is 11.9 Å². The number of benzene rings is 1. The van der Waals surface area contributed by atoms with Crippen LogP contribution in [-0.4, -0.2) is 63.6 Å². The number of rotatable bonds is 5. The highest BCUT2D eigenvalue weighted by atomic mass is 16.7. The molecule has 1 saturated heterocycles. The molecule has 1 aliphatic heterocycles. The summed E-state index contributed by atoms with van der Waals surface area (Å²) in [5.41, 5.74) is 0.524. The van der Waals surface area contributed by atoms with Gasteiger partial charge in [0, 0.05) is 5.69 Å². The van der Waals surface area contributed by atoms with Crippen LogP contribution >= 0.6 is 0 Å². The number of carbonyl (C=O) groups excluding carboxylic acids is 1. The van der Waals surface area contributed by atoms with Crippen LogP contribution in [0.3, 0.4) is 0 Å². The smallest absolute Gasteiger partial charge is 0.247 e. The van der Waals surface area contributed by atoms with Gasteiger partial charge < -0.3 is 35.2 Å². The minimum atomic E-state index is -1.50. The summed E-state index contributed by atoms with van der Waals surface area (Å²) in [6.07, 6.45) is -5.57. The third-order valence-corrected chi connectivity index (χ3v) is 3.41. The number of aliphatic hydroxyl groups is 4. The van der Waals surface area contributed by atoms with Crippen LogP contribution in [0.15, 0.2) is 36.9 Å². The normalized spacial score (nSPS) is 30.5. The van der Waals surface area contributed by atoms with E-state index in [2.05, 4.69) is 11.9 Å². The van der Waals surface area contributed by atoms with Crippen LogP contribution in [-0.2, 0) is 9.53 Å². The lowest BCUT2D eigenvalue weighted by molar-refractivity contribution is -0.277. The molecule has 8 nitrogen and oxygen atoms in total. The summed E-state index contributed by atoms with van der Waals surface area (Å²) in [5, 5.41) is 40.9. The molecule has 1 aliphatic rings. The SMILES string of the molecule is C=CC(=O)Nc1ccc(O[C@H]2O[C@H](CO)[C@@H](O)[C@H](O)[C@H]2O)cc1. The average Bonchev–Trinajstić information content (AvgIpc) is 2.56. The Morgan fingerprint density at radius 1 is 1.22 bits per heavy atom. The van der Waals surface area contributed by atoms with Crippen LogP contribution in [0, 0.1) is 0 Å². The van der Waals surface area contributed by atoms with Crippen molar-refractivity contribution in [1.29, 1.82) is 0 Å². The lowest BCUT2D eigenvalue weighted by atomic mass is 9.99. The van der Waals surface area contributed by atoms with Gasteiger partial charge in [0.2, 0.25) is 12.2 Å². The molecule has 0 bridgehead atoms. The van der Waals surface area contributed by atoms with E-state index in [-0.39, 0.29) is 5.91 Å². The molecule has 2 rings (SSSR count). The summed E-state index contributed by atoms with van der Waals surface area (Å²) in [4.78, 5) is 11.2. The molecule has 0 aliphatic carbocycles. The summed E-state index contributed by atoms with van der Waals surface area (Å²) in [5.74, 6) is -0.0430. The number of ether oxygens (including phenoxy) is 2. The molecule has 0 spiro atoms. The summed E-state index contributed by atoms with van der Waals surface area (Å²) < 4.78 is 10.6. The number of nitrogens with one attached hydrogen (secondary N) is 1.